The van der Waals surface area contributed by atoms with Crippen molar-refractivity contribution in [2.45, 2.75) is 33.2 Å². The minimum atomic E-state index is 0.175. The molecule has 3 heteroatoms. The van der Waals surface area contributed by atoms with Crippen LogP contribution in [0.25, 0.3) is 0 Å². The van der Waals surface area contributed by atoms with Gasteiger partial charge in [-0.15, -0.1) is 0 Å². The lowest BCUT2D eigenvalue weighted by Gasteiger charge is -2.21. The Kier molecular flexibility index (Phi) is 5.76. The zero-order chi connectivity index (χ0) is 15.1. The topological polar surface area (TPSA) is 34.1 Å². The van der Waals surface area contributed by atoms with Crippen molar-refractivity contribution in [1.82, 2.24) is 10.3 Å². The molecule has 0 aliphatic rings. The molecule has 1 N–H and O–H groups in total. The highest BCUT2D eigenvalue weighted by molar-refractivity contribution is 5.36. The molecule has 0 aliphatic carbocycles. The van der Waals surface area contributed by atoms with E-state index < -0.39 is 0 Å². The van der Waals surface area contributed by atoms with Crippen molar-refractivity contribution < 1.29 is 4.74 Å². The fraction of sp³-hybridized carbons (Fsp3) is 0.389. The van der Waals surface area contributed by atoms with Crippen LogP contribution < -0.4 is 10.1 Å². The molecule has 0 saturated heterocycles. The SMILES string of the molecule is CCCNC(c1ccc(OCC)cc1)c1cccnc1C. The molecule has 112 valence electrons. The molecule has 21 heavy (non-hydrogen) atoms. The summed E-state index contributed by atoms with van der Waals surface area (Å²) in [4.78, 5) is 4.42. The van der Waals surface area contributed by atoms with Crippen molar-refractivity contribution in [2.24, 2.45) is 0 Å². The lowest BCUT2D eigenvalue weighted by molar-refractivity contribution is 0.340. The number of aromatic nitrogens is 1. The maximum Gasteiger partial charge on any atom is 0.119 e. The second-order valence-electron chi connectivity index (χ2n) is 5.07. The first-order valence-electron chi connectivity index (χ1n) is 7.64. The van der Waals surface area contributed by atoms with Gasteiger partial charge in [-0.05, 0) is 56.1 Å². The van der Waals surface area contributed by atoms with E-state index in [0.717, 1.165) is 24.4 Å². The van der Waals surface area contributed by atoms with E-state index in [1.807, 2.05) is 31.3 Å². The average molecular weight is 284 g/mol. The Balaban J connectivity index is 2.29. The summed E-state index contributed by atoms with van der Waals surface area (Å²) < 4.78 is 5.52. The van der Waals surface area contributed by atoms with E-state index in [4.69, 9.17) is 4.74 Å². The van der Waals surface area contributed by atoms with Gasteiger partial charge in [0.15, 0.2) is 0 Å². The summed E-state index contributed by atoms with van der Waals surface area (Å²) in [6, 6.07) is 12.6. The van der Waals surface area contributed by atoms with Crippen molar-refractivity contribution in [3.8, 4) is 5.75 Å². The fourth-order valence-corrected chi connectivity index (χ4v) is 2.42. The van der Waals surface area contributed by atoms with E-state index in [0.29, 0.717) is 6.61 Å². The lowest BCUT2D eigenvalue weighted by atomic mass is 9.97. The second kappa shape index (κ2) is 7.79. The van der Waals surface area contributed by atoms with Gasteiger partial charge in [-0.1, -0.05) is 25.1 Å². The highest BCUT2D eigenvalue weighted by atomic mass is 16.5. The fourth-order valence-electron chi connectivity index (χ4n) is 2.42. The van der Waals surface area contributed by atoms with Crippen LogP contribution in [0.2, 0.25) is 0 Å². The number of hydrogen-bond acceptors (Lipinski definition) is 3. The van der Waals surface area contributed by atoms with Gasteiger partial charge in [-0.3, -0.25) is 4.98 Å². The number of pyridine rings is 1. The monoisotopic (exact) mass is 284 g/mol. The van der Waals surface area contributed by atoms with Crippen LogP contribution in [-0.2, 0) is 0 Å². The Morgan fingerprint density at radius 2 is 1.90 bits per heavy atom. The van der Waals surface area contributed by atoms with Gasteiger partial charge >= 0.3 is 0 Å². The predicted octanol–water partition coefficient (Wildman–Crippen LogP) is 3.88. The van der Waals surface area contributed by atoms with Crippen LogP contribution in [0.3, 0.4) is 0 Å². The van der Waals surface area contributed by atoms with E-state index in [1.165, 1.54) is 11.1 Å². The number of aryl methyl sites for hydroxylation is 1. The van der Waals surface area contributed by atoms with E-state index in [9.17, 15) is 0 Å². The summed E-state index contributed by atoms with van der Waals surface area (Å²) >= 11 is 0. The second-order valence-corrected chi connectivity index (χ2v) is 5.07. The Bertz CT molecular complexity index is 551. The maximum atomic E-state index is 5.52. The highest BCUT2D eigenvalue weighted by Crippen LogP contribution is 2.25. The lowest BCUT2D eigenvalue weighted by Crippen LogP contribution is -2.24. The Labute approximate surface area is 127 Å². The molecule has 1 heterocycles. The van der Waals surface area contributed by atoms with Gasteiger partial charge in [0.25, 0.3) is 0 Å². The average Bonchev–Trinajstić information content (AvgIpc) is 2.51. The first-order chi connectivity index (χ1) is 10.3. The summed E-state index contributed by atoms with van der Waals surface area (Å²) in [6.07, 6.45) is 2.95. The highest BCUT2D eigenvalue weighted by Gasteiger charge is 2.15. The number of benzene rings is 1. The number of nitrogens with one attached hydrogen (secondary N) is 1. The molecular weight excluding hydrogens is 260 g/mol. The summed E-state index contributed by atoms with van der Waals surface area (Å²) in [5.74, 6) is 0.915. The molecule has 0 aliphatic heterocycles. The Morgan fingerprint density at radius 1 is 1.14 bits per heavy atom. The number of ether oxygens (including phenoxy) is 1. The van der Waals surface area contributed by atoms with Crippen LogP contribution >= 0.6 is 0 Å². The van der Waals surface area contributed by atoms with Crippen molar-refractivity contribution in [1.29, 1.82) is 0 Å². The van der Waals surface area contributed by atoms with Gasteiger partial charge in [0.05, 0.1) is 12.6 Å². The minimum absolute atomic E-state index is 0.175. The van der Waals surface area contributed by atoms with Crippen LogP contribution in [0.15, 0.2) is 42.6 Å². The van der Waals surface area contributed by atoms with Crippen molar-refractivity contribution >= 4 is 0 Å². The molecule has 0 saturated carbocycles. The normalized spacial score (nSPS) is 12.1. The zero-order valence-corrected chi connectivity index (χ0v) is 13.1. The number of hydrogen-bond donors (Lipinski definition) is 1. The number of nitrogens with zero attached hydrogens (tertiary/aromatic N) is 1. The molecule has 0 amide bonds. The standard InChI is InChI=1S/C18H24N2O/c1-4-12-20-18(17-7-6-13-19-14(17)3)15-8-10-16(11-9-15)21-5-2/h6-11,13,18,20H,4-5,12H2,1-3H3. The van der Waals surface area contributed by atoms with E-state index in [-0.39, 0.29) is 6.04 Å². The molecular formula is C18H24N2O. The minimum Gasteiger partial charge on any atom is -0.494 e. The maximum absolute atomic E-state index is 5.52. The van der Waals surface area contributed by atoms with Crippen LogP contribution in [0.1, 0.15) is 43.1 Å². The van der Waals surface area contributed by atoms with E-state index in [2.05, 4.69) is 42.3 Å². The summed E-state index contributed by atoms with van der Waals surface area (Å²) in [5, 5.41) is 3.61. The number of rotatable bonds is 7. The van der Waals surface area contributed by atoms with Gasteiger partial charge in [0.2, 0.25) is 0 Å². The first-order valence-corrected chi connectivity index (χ1v) is 7.64. The van der Waals surface area contributed by atoms with Gasteiger partial charge in [-0.2, -0.15) is 0 Å². The molecule has 1 unspecified atom stereocenters. The van der Waals surface area contributed by atoms with Crippen LogP contribution in [0, 0.1) is 6.92 Å². The van der Waals surface area contributed by atoms with Crippen molar-refractivity contribution in [3.63, 3.8) is 0 Å². The molecule has 0 radical (unpaired) electrons. The quantitative estimate of drug-likeness (QED) is 0.838. The zero-order valence-electron chi connectivity index (χ0n) is 13.1. The van der Waals surface area contributed by atoms with Crippen molar-refractivity contribution in [3.05, 3.63) is 59.4 Å². The molecule has 1 aromatic heterocycles. The van der Waals surface area contributed by atoms with Crippen molar-refractivity contribution in [2.75, 3.05) is 13.2 Å². The first kappa shape index (κ1) is 15.5. The third-order valence-corrected chi connectivity index (χ3v) is 3.48. The van der Waals surface area contributed by atoms with E-state index >= 15 is 0 Å². The van der Waals surface area contributed by atoms with E-state index in [1.54, 1.807) is 0 Å². The van der Waals surface area contributed by atoms with Gasteiger partial charge in [0.1, 0.15) is 5.75 Å². The van der Waals surface area contributed by atoms with Gasteiger partial charge in [0, 0.05) is 11.9 Å². The predicted molar refractivity (Wildman–Crippen MR) is 86.7 cm³/mol. The third kappa shape index (κ3) is 4.05. The largest absolute Gasteiger partial charge is 0.494 e. The van der Waals surface area contributed by atoms with Crippen LogP contribution in [0.5, 0.6) is 5.75 Å². The molecule has 1 atom stereocenters. The Hall–Kier alpha value is -1.87. The molecule has 2 rings (SSSR count). The third-order valence-electron chi connectivity index (χ3n) is 3.48. The molecule has 0 fully saturated rings. The Morgan fingerprint density at radius 3 is 2.52 bits per heavy atom. The molecule has 3 nitrogen and oxygen atoms in total. The van der Waals surface area contributed by atoms with Crippen LogP contribution in [-0.4, -0.2) is 18.1 Å². The smallest absolute Gasteiger partial charge is 0.119 e. The van der Waals surface area contributed by atoms with Crippen LogP contribution in [0.4, 0.5) is 0 Å². The van der Waals surface area contributed by atoms with Gasteiger partial charge < -0.3 is 10.1 Å². The summed E-state index contributed by atoms with van der Waals surface area (Å²) in [7, 11) is 0. The van der Waals surface area contributed by atoms with Gasteiger partial charge in [-0.25, -0.2) is 0 Å². The molecule has 1 aromatic carbocycles. The summed E-state index contributed by atoms with van der Waals surface area (Å²) in [6.45, 7) is 7.91. The molecule has 0 bridgehead atoms. The summed E-state index contributed by atoms with van der Waals surface area (Å²) in [5.41, 5.74) is 3.54. The molecule has 0 spiro atoms. The molecule has 2 aromatic rings.